The maximum absolute atomic E-state index is 11.8. The second kappa shape index (κ2) is 5.53. The van der Waals surface area contributed by atoms with E-state index in [9.17, 15) is 18.0 Å². The van der Waals surface area contributed by atoms with E-state index in [0.29, 0.717) is 6.42 Å². The zero-order valence-corrected chi connectivity index (χ0v) is 8.50. The quantitative estimate of drug-likeness (QED) is 0.813. The largest absolute Gasteiger partial charge is 0.389 e. The first-order valence-electron chi connectivity index (χ1n) is 4.82. The van der Waals surface area contributed by atoms with E-state index < -0.39 is 12.6 Å². The fourth-order valence-corrected chi connectivity index (χ4v) is 1.12. The maximum Gasteiger partial charge on any atom is 0.389 e. The van der Waals surface area contributed by atoms with Crippen molar-refractivity contribution in [3.05, 3.63) is 18.7 Å². The van der Waals surface area contributed by atoms with Crippen LogP contribution in [0.1, 0.15) is 19.3 Å². The number of carbonyl (C=O) groups is 1. The first-order chi connectivity index (χ1) is 7.49. The summed E-state index contributed by atoms with van der Waals surface area (Å²) in [6.45, 7) is 0.229. The van der Waals surface area contributed by atoms with Crippen molar-refractivity contribution in [1.29, 1.82) is 0 Å². The van der Waals surface area contributed by atoms with Gasteiger partial charge in [0, 0.05) is 25.4 Å². The molecular formula is C9H12F3N3O. The molecule has 0 radical (unpaired) electrons. The zero-order chi connectivity index (χ0) is 12.0. The van der Waals surface area contributed by atoms with Gasteiger partial charge in [0.15, 0.2) is 0 Å². The van der Waals surface area contributed by atoms with E-state index in [4.69, 9.17) is 0 Å². The van der Waals surface area contributed by atoms with Crippen molar-refractivity contribution in [2.75, 3.05) is 6.54 Å². The molecule has 0 aliphatic heterocycles. The van der Waals surface area contributed by atoms with Crippen LogP contribution in [0.4, 0.5) is 18.0 Å². The number of hydrogen-bond acceptors (Lipinski definition) is 2. The summed E-state index contributed by atoms with van der Waals surface area (Å²) in [5, 5.41) is 2.49. The van der Waals surface area contributed by atoms with Crippen molar-refractivity contribution < 1.29 is 18.0 Å². The van der Waals surface area contributed by atoms with Gasteiger partial charge in [0.25, 0.3) is 0 Å². The highest BCUT2D eigenvalue weighted by Gasteiger charge is 2.25. The second-order valence-electron chi connectivity index (χ2n) is 3.27. The predicted octanol–water partition coefficient (Wildman–Crippen LogP) is 2.17. The summed E-state index contributed by atoms with van der Waals surface area (Å²) < 4.78 is 36.5. The summed E-state index contributed by atoms with van der Waals surface area (Å²) in [5.74, 6) is 0. The average molecular weight is 235 g/mol. The van der Waals surface area contributed by atoms with E-state index in [1.807, 2.05) is 0 Å². The molecule has 0 aromatic carbocycles. The van der Waals surface area contributed by atoms with Gasteiger partial charge in [-0.3, -0.25) is 4.57 Å². The minimum atomic E-state index is -4.12. The molecule has 1 aromatic rings. The molecule has 0 bridgehead atoms. The molecule has 0 aliphatic rings. The van der Waals surface area contributed by atoms with Crippen LogP contribution in [0.3, 0.4) is 0 Å². The smallest absolute Gasteiger partial charge is 0.337 e. The Hall–Kier alpha value is -1.53. The Balaban J connectivity index is 2.10. The molecule has 0 atom stereocenters. The first kappa shape index (κ1) is 12.5. The third kappa shape index (κ3) is 4.81. The van der Waals surface area contributed by atoms with E-state index in [2.05, 4.69) is 10.3 Å². The van der Waals surface area contributed by atoms with Crippen LogP contribution in [0, 0.1) is 0 Å². The van der Waals surface area contributed by atoms with Crippen LogP contribution < -0.4 is 5.32 Å². The van der Waals surface area contributed by atoms with Gasteiger partial charge in [-0.2, -0.15) is 13.2 Å². The Bertz CT molecular complexity index is 321. The van der Waals surface area contributed by atoms with Crippen molar-refractivity contribution in [3.63, 3.8) is 0 Å². The summed E-state index contributed by atoms with van der Waals surface area (Å²) in [7, 11) is 0. The van der Waals surface area contributed by atoms with Crippen LogP contribution in [0.2, 0.25) is 0 Å². The number of hydrogen-bond donors (Lipinski definition) is 1. The second-order valence-corrected chi connectivity index (χ2v) is 3.27. The number of carbonyl (C=O) groups excluding carboxylic acids is 1. The molecule has 4 nitrogen and oxygen atoms in total. The van der Waals surface area contributed by atoms with Gasteiger partial charge in [-0.1, -0.05) is 0 Å². The monoisotopic (exact) mass is 235 g/mol. The molecule has 1 aromatic heterocycles. The maximum atomic E-state index is 11.8. The molecule has 1 heterocycles. The Morgan fingerprint density at radius 2 is 2.12 bits per heavy atom. The van der Waals surface area contributed by atoms with Gasteiger partial charge in [0.2, 0.25) is 0 Å². The number of rotatable bonds is 4. The number of alkyl halides is 3. The number of amides is 1. The van der Waals surface area contributed by atoms with Crippen LogP contribution in [0.15, 0.2) is 18.7 Å². The van der Waals surface area contributed by atoms with E-state index in [0.717, 1.165) is 0 Å². The molecular weight excluding hydrogens is 223 g/mol. The molecule has 16 heavy (non-hydrogen) atoms. The topological polar surface area (TPSA) is 46.9 Å². The molecule has 1 rings (SSSR count). The molecule has 0 saturated heterocycles. The fourth-order valence-electron chi connectivity index (χ4n) is 1.12. The normalized spacial score (nSPS) is 11.4. The van der Waals surface area contributed by atoms with Crippen LogP contribution in [0.5, 0.6) is 0 Å². The summed E-state index contributed by atoms with van der Waals surface area (Å²) in [5.41, 5.74) is 0. The number of halogens is 3. The van der Waals surface area contributed by atoms with E-state index in [-0.39, 0.29) is 19.0 Å². The van der Waals surface area contributed by atoms with Crippen LogP contribution in [0.25, 0.3) is 0 Å². The summed E-state index contributed by atoms with van der Waals surface area (Å²) >= 11 is 0. The lowest BCUT2D eigenvalue weighted by molar-refractivity contribution is -0.135. The Morgan fingerprint density at radius 3 is 2.69 bits per heavy atom. The standard InChI is InChI=1S/C9H12F3N3O/c10-9(11,12)3-1-2-4-14-8(16)15-6-5-13-7-15/h5-7H,1-4H2,(H,14,16). The summed E-state index contributed by atoms with van der Waals surface area (Å²) in [6.07, 6.45) is -0.366. The molecule has 7 heteroatoms. The number of unbranched alkanes of at least 4 members (excludes halogenated alkanes) is 1. The van der Waals surface area contributed by atoms with Crippen molar-refractivity contribution in [2.45, 2.75) is 25.4 Å². The van der Waals surface area contributed by atoms with Gasteiger partial charge < -0.3 is 5.32 Å². The Morgan fingerprint density at radius 1 is 1.38 bits per heavy atom. The lowest BCUT2D eigenvalue weighted by atomic mass is 10.2. The van der Waals surface area contributed by atoms with Crippen LogP contribution in [-0.4, -0.2) is 28.3 Å². The third-order valence-corrected chi connectivity index (χ3v) is 1.90. The predicted molar refractivity (Wildman–Crippen MR) is 50.9 cm³/mol. The molecule has 0 fully saturated rings. The fraction of sp³-hybridized carbons (Fsp3) is 0.556. The Kier molecular flexibility index (Phi) is 4.33. The molecule has 0 unspecified atom stereocenters. The van der Waals surface area contributed by atoms with Crippen molar-refractivity contribution in [3.8, 4) is 0 Å². The highest BCUT2D eigenvalue weighted by atomic mass is 19.4. The minimum absolute atomic E-state index is 0.0215. The van der Waals surface area contributed by atoms with Crippen LogP contribution >= 0.6 is 0 Å². The van der Waals surface area contributed by atoms with Gasteiger partial charge in [-0.25, -0.2) is 9.78 Å². The van der Waals surface area contributed by atoms with Gasteiger partial charge in [0.05, 0.1) is 0 Å². The molecule has 0 aliphatic carbocycles. The zero-order valence-electron chi connectivity index (χ0n) is 8.50. The van der Waals surface area contributed by atoms with Gasteiger partial charge >= 0.3 is 12.2 Å². The number of imidazole rings is 1. The highest BCUT2D eigenvalue weighted by molar-refractivity contribution is 5.76. The van der Waals surface area contributed by atoms with Crippen LogP contribution in [-0.2, 0) is 0 Å². The lowest BCUT2D eigenvalue weighted by Gasteiger charge is -2.07. The number of nitrogens with zero attached hydrogens (tertiary/aromatic N) is 2. The molecule has 90 valence electrons. The van der Waals surface area contributed by atoms with Crippen molar-refractivity contribution in [2.24, 2.45) is 0 Å². The Labute approximate surface area is 90.5 Å². The first-order valence-corrected chi connectivity index (χ1v) is 4.82. The molecule has 0 spiro atoms. The molecule has 1 N–H and O–H groups in total. The minimum Gasteiger partial charge on any atom is -0.337 e. The molecule has 0 saturated carbocycles. The summed E-state index contributed by atoms with van der Waals surface area (Å²) in [6, 6.07) is -0.385. The number of nitrogens with one attached hydrogen (secondary N) is 1. The SMILES string of the molecule is O=C(NCCCCC(F)(F)F)n1ccnc1. The van der Waals surface area contributed by atoms with E-state index in [1.54, 1.807) is 0 Å². The average Bonchev–Trinajstić information content (AvgIpc) is 2.67. The highest BCUT2D eigenvalue weighted by Crippen LogP contribution is 2.21. The van der Waals surface area contributed by atoms with Gasteiger partial charge in [-0.05, 0) is 12.8 Å². The van der Waals surface area contributed by atoms with E-state index in [1.165, 1.54) is 23.3 Å². The molecule has 1 amide bonds. The van der Waals surface area contributed by atoms with Crippen molar-refractivity contribution in [1.82, 2.24) is 14.9 Å². The third-order valence-electron chi connectivity index (χ3n) is 1.90. The van der Waals surface area contributed by atoms with Crippen molar-refractivity contribution >= 4 is 6.03 Å². The van der Waals surface area contributed by atoms with E-state index >= 15 is 0 Å². The number of aromatic nitrogens is 2. The van der Waals surface area contributed by atoms with Gasteiger partial charge in [-0.15, -0.1) is 0 Å². The lowest BCUT2D eigenvalue weighted by Crippen LogP contribution is -2.28. The van der Waals surface area contributed by atoms with Gasteiger partial charge in [0.1, 0.15) is 6.33 Å². The summed E-state index contributed by atoms with van der Waals surface area (Å²) in [4.78, 5) is 14.9.